The molecule has 0 spiro atoms. The van der Waals surface area contributed by atoms with Crippen LogP contribution in [0.3, 0.4) is 0 Å². The van der Waals surface area contributed by atoms with Gasteiger partial charge in [-0.2, -0.15) is 0 Å². The number of aromatic nitrogens is 1. The van der Waals surface area contributed by atoms with Crippen molar-refractivity contribution in [1.29, 1.82) is 0 Å². The summed E-state index contributed by atoms with van der Waals surface area (Å²) in [6, 6.07) is 3.70. The predicted octanol–water partition coefficient (Wildman–Crippen LogP) is 2.91. The van der Waals surface area contributed by atoms with Crippen molar-refractivity contribution in [2.75, 3.05) is 0 Å². The summed E-state index contributed by atoms with van der Waals surface area (Å²) in [5.74, 6) is -1.97. The Balaban J connectivity index is 2.13. The molecule has 0 aliphatic carbocycles. The summed E-state index contributed by atoms with van der Waals surface area (Å²) < 4.78 is 27.0. The van der Waals surface area contributed by atoms with E-state index in [1.54, 1.807) is 18.5 Å². The third-order valence-electron chi connectivity index (χ3n) is 3.07. The van der Waals surface area contributed by atoms with E-state index in [4.69, 9.17) is 0 Å². The van der Waals surface area contributed by atoms with Crippen molar-refractivity contribution in [3.05, 3.63) is 64.5 Å². The van der Waals surface area contributed by atoms with Crippen LogP contribution in [0.2, 0.25) is 0 Å². The van der Waals surface area contributed by atoms with Crippen molar-refractivity contribution in [3.63, 3.8) is 0 Å². The van der Waals surface area contributed by atoms with Crippen LogP contribution in [0.5, 0.6) is 0 Å². The zero-order valence-electron chi connectivity index (χ0n) is 11.2. The molecule has 0 fully saturated rings. The van der Waals surface area contributed by atoms with Gasteiger partial charge in [0.25, 0.3) is 5.91 Å². The maximum absolute atomic E-state index is 13.6. The monoisotopic (exact) mass is 276 g/mol. The molecule has 104 valence electrons. The molecule has 5 heteroatoms. The van der Waals surface area contributed by atoms with Gasteiger partial charge < -0.3 is 5.32 Å². The summed E-state index contributed by atoms with van der Waals surface area (Å²) in [4.78, 5) is 15.8. The molecule has 1 heterocycles. The molecule has 0 radical (unpaired) electrons. The highest BCUT2D eigenvalue weighted by Gasteiger charge is 2.14. The van der Waals surface area contributed by atoms with Gasteiger partial charge in [0.05, 0.1) is 5.56 Å². The number of halogens is 2. The first-order chi connectivity index (χ1) is 9.49. The molecule has 0 saturated heterocycles. The van der Waals surface area contributed by atoms with Crippen LogP contribution >= 0.6 is 0 Å². The van der Waals surface area contributed by atoms with E-state index in [9.17, 15) is 13.6 Å². The summed E-state index contributed by atoms with van der Waals surface area (Å²) in [6.07, 6.45) is 3.29. The Bertz CT molecular complexity index is 656. The normalized spacial score (nSPS) is 10.4. The highest BCUT2D eigenvalue weighted by Crippen LogP contribution is 2.14. The van der Waals surface area contributed by atoms with Gasteiger partial charge in [-0.25, -0.2) is 8.78 Å². The first-order valence-corrected chi connectivity index (χ1v) is 6.12. The molecular weight excluding hydrogens is 262 g/mol. The SMILES string of the molecule is Cc1cc(F)c(C(=O)NCc2ccncc2C)cc1F. The number of benzene rings is 1. The molecule has 1 N–H and O–H groups in total. The molecule has 2 rings (SSSR count). The van der Waals surface area contributed by atoms with Gasteiger partial charge in [-0.1, -0.05) is 0 Å². The van der Waals surface area contributed by atoms with Crippen LogP contribution in [-0.4, -0.2) is 10.9 Å². The second kappa shape index (κ2) is 5.77. The fraction of sp³-hybridized carbons (Fsp3) is 0.200. The maximum atomic E-state index is 13.6. The average Bonchev–Trinajstić information content (AvgIpc) is 2.41. The summed E-state index contributed by atoms with van der Waals surface area (Å²) >= 11 is 0. The Kier molecular flexibility index (Phi) is 4.08. The zero-order valence-corrected chi connectivity index (χ0v) is 11.2. The van der Waals surface area contributed by atoms with Crippen LogP contribution in [-0.2, 0) is 6.54 Å². The molecule has 0 aliphatic heterocycles. The van der Waals surface area contributed by atoms with Gasteiger partial charge in [-0.05, 0) is 48.7 Å². The Morgan fingerprint density at radius 1 is 1.20 bits per heavy atom. The highest BCUT2D eigenvalue weighted by molar-refractivity contribution is 5.94. The van der Waals surface area contributed by atoms with E-state index in [1.807, 2.05) is 6.92 Å². The fourth-order valence-corrected chi connectivity index (χ4v) is 1.79. The number of amides is 1. The number of rotatable bonds is 3. The lowest BCUT2D eigenvalue weighted by molar-refractivity contribution is 0.0946. The summed E-state index contributed by atoms with van der Waals surface area (Å²) in [5, 5.41) is 2.57. The molecule has 20 heavy (non-hydrogen) atoms. The van der Waals surface area contributed by atoms with Crippen molar-refractivity contribution in [1.82, 2.24) is 10.3 Å². The second-order valence-corrected chi connectivity index (χ2v) is 4.57. The molecule has 0 unspecified atom stereocenters. The Hall–Kier alpha value is -2.30. The van der Waals surface area contributed by atoms with Crippen molar-refractivity contribution in [2.24, 2.45) is 0 Å². The lowest BCUT2D eigenvalue weighted by Gasteiger charge is -2.09. The van der Waals surface area contributed by atoms with Crippen LogP contribution in [0.4, 0.5) is 8.78 Å². The van der Waals surface area contributed by atoms with E-state index in [0.29, 0.717) is 0 Å². The van der Waals surface area contributed by atoms with Gasteiger partial charge in [0.1, 0.15) is 11.6 Å². The number of carbonyl (C=O) groups is 1. The quantitative estimate of drug-likeness (QED) is 0.936. The minimum absolute atomic E-state index is 0.170. The van der Waals surface area contributed by atoms with Gasteiger partial charge >= 0.3 is 0 Å². The Morgan fingerprint density at radius 3 is 2.65 bits per heavy atom. The first kappa shape index (κ1) is 14.1. The Morgan fingerprint density at radius 2 is 1.95 bits per heavy atom. The van der Waals surface area contributed by atoms with Crippen LogP contribution < -0.4 is 5.32 Å². The smallest absolute Gasteiger partial charge is 0.254 e. The highest BCUT2D eigenvalue weighted by atomic mass is 19.1. The van der Waals surface area contributed by atoms with Crippen LogP contribution in [0.15, 0.2) is 30.6 Å². The largest absolute Gasteiger partial charge is 0.348 e. The number of aryl methyl sites for hydroxylation is 2. The van der Waals surface area contributed by atoms with Crippen molar-refractivity contribution < 1.29 is 13.6 Å². The third kappa shape index (κ3) is 2.99. The summed E-state index contributed by atoms with van der Waals surface area (Å²) in [6.45, 7) is 3.54. The standard InChI is InChI=1S/C15H14F2N2O/c1-9-5-14(17)12(6-13(9)16)15(20)19-8-11-3-4-18-7-10(11)2/h3-7H,8H2,1-2H3,(H,19,20). The third-order valence-corrected chi connectivity index (χ3v) is 3.07. The van der Waals surface area contributed by atoms with Crippen molar-refractivity contribution in [3.8, 4) is 0 Å². The zero-order chi connectivity index (χ0) is 14.7. The van der Waals surface area contributed by atoms with Gasteiger partial charge in [0.2, 0.25) is 0 Å². The summed E-state index contributed by atoms with van der Waals surface area (Å²) in [5.41, 5.74) is 1.67. The number of hydrogen-bond donors (Lipinski definition) is 1. The van der Waals surface area contributed by atoms with Gasteiger partial charge in [-0.15, -0.1) is 0 Å². The van der Waals surface area contributed by atoms with Crippen LogP contribution in [0.25, 0.3) is 0 Å². The molecule has 0 bridgehead atoms. The molecular formula is C15H14F2N2O. The molecule has 1 amide bonds. The second-order valence-electron chi connectivity index (χ2n) is 4.57. The van der Waals surface area contributed by atoms with Crippen molar-refractivity contribution in [2.45, 2.75) is 20.4 Å². The van der Waals surface area contributed by atoms with E-state index in [0.717, 1.165) is 23.3 Å². The topological polar surface area (TPSA) is 42.0 Å². The molecule has 1 aromatic carbocycles. The van der Waals surface area contributed by atoms with E-state index >= 15 is 0 Å². The molecule has 0 saturated carbocycles. The molecule has 0 aliphatic rings. The lowest BCUT2D eigenvalue weighted by Crippen LogP contribution is -2.24. The number of pyridine rings is 1. The first-order valence-electron chi connectivity index (χ1n) is 6.12. The van der Waals surface area contributed by atoms with E-state index in [-0.39, 0.29) is 17.7 Å². The minimum atomic E-state index is -0.729. The van der Waals surface area contributed by atoms with Gasteiger partial charge in [0, 0.05) is 18.9 Å². The lowest BCUT2D eigenvalue weighted by atomic mass is 10.1. The molecule has 2 aromatic rings. The molecule has 3 nitrogen and oxygen atoms in total. The molecule has 1 aromatic heterocycles. The number of carbonyl (C=O) groups excluding carboxylic acids is 1. The van der Waals surface area contributed by atoms with E-state index < -0.39 is 17.5 Å². The van der Waals surface area contributed by atoms with E-state index in [1.165, 1.54) is 6.92 Å². The van der Waals surface area contributed by atoms with Crippen molar-refractivity contribution >= 4 is 5.91 Å². The number of hydrogen-bond acceptors (Lipinski definition) is 2. The molecule has 0 atom stereocenters. The maximum Gasteiger partial charge on any atom is 0.254 e. The number of nitrogens with zero attached hydrogens (tertiary/aromatic N) is 1. The van der Waals surface area contributed by atoms with Gasteiger partial charge in [-0.3, -0.25) is 9.78 Å². The van der Waals surface area contributed by atoms with Crippen LogP contribution in [0, 0.1) is 25.5 Å². The number of nitrogens with one attached hydrogen (secondary N) is 1. The predicted molar refractivity (Wildman–Crippen MR) is 71.2 cm³/mol. The Labute approximate surface area is 115 Å². The minimum Gasteiger partial charge on any atom is -0.348 e. The van der Waals surface area contributed by atoms with Crippen LogP contribution in [0.1, 0.15) is 27.0 Å². The summed E-state index contributed by atoms with van der Waals surface area (Å²) in [7, 11) is 0. The average molecular weight is 276 g/mol. The fourth-order valence-electron chi connectivity index (χ4n) is 1.79. The van der Waals surface area contributed by atoms with E-state index in [2.05, 4.69) is 10.3 Å². The van der Waals surface area contributed by atoms with Gasteiger partial charge in [0.15, 0.2) is 0 Å².